The second kappa shape index (κ2) is 7.28. The summed E-state index contributed by atoms with van der Waals surface area (Å²) in [5, 5.41) is 0. The van der Waals surface area contributed by atoms with Crippen molar-refractivity contribution in [3.8, 4) is 0 Å². The maximum atomic E-state index is 11.8. The van der Waals surface area contributed by atoms with Crippen LogP contribution in [0, 0.1) is 11.8 Å². The van der Waals surface area contributed by atoms with Crippen LogP contribution in [-0.2, 0) is 14.3 Å². The van der Waals surface area contributed by atoms with E-state index in [2.05, 4.69) is 6.92 Å². The highest BCUT2D eigenvalue weighted by atomic mass is 16.6. The van der Waals surface area contributed by atoms with Gasteiger partial charge in [0.1, 0.15) is 5.60 Å². The number of hydrogen-bond acceptors (Lipinski definition) is 3. The van der Waals surface area contributed by atoms with Gasteiger partial charge in [0.2, 0.25) is 0 Å². The van der Waals surface area contributed by atoms with Crippen molar-refractivity contribution in [2.45, 2.75) is 77.9 Å². The van der Waals surface area contributed by atoms with Gasteiger partial charge in [-0.3, -0.25) is 4.79 Å². The number of esters is 1. The van der Waals surface area contributed by atoms with Gasteiger partial charge in [-0.15, -0.1) is 0 Å². The molecule has 19 heavy (non-hydrogen) atoms. The van der Waals surface area contributed by atoms with Crippen LogP contribution in [0.25, 0.3) is 0 Å². The summed E-state index contributed by atoms with van der Waals surface area (Å²) in [6, 6.07) is 0. The predicted octanol–water partition coefficient (Wildman–Crippen LogP) is 3.95. The molecule has 1 unspecified atom stereocenters. The van der Waals surface area contributed by atoms with Crippen molar-refractivity contribution in [3.05, 3.63) is 0 Å². The van der Waals surface area contributed by atoms with Gasteiger partial charge in [-0.25, -0.2) is 0 Å². The van der Waals surface area contributed by atoms with Crippen molar-refractivity contribution in [2.75, 3.05) is 7.11 Å². The van der Waals surface area contributed by atoms with Gasteiger partial charge < -0.3 is 9.47 Å². The molecule has 3 nitrogen and oxygen atoms in total. The summed E-state index contributed by atoms with van der Waals surface area (Å²) in [7, 11) is 1.81. The normalized spacial score (nSPS) is 25.9. The fourth-order valence-electron chi connectivity index (χ4n) is 3.08. The number of methoxy groups -OCH3 is 1. The summed E-state index contributed by atoms with van der Waals surface area (Å²) < 4.78 is 10.9. The van der Waals surface area contributed by atoms with E-state index in [4.69, 9.17) is 9.47 Å². The molecular weight excluding hydrogens is 240 g/mol. The van der Waals surface area contributed by atoms with E-state index in [0.29, 0.717) is 24.4 Å². The Labute approximate surface area is 118 Å². The molecule has 0 amide bonds. The molecule has 1 rings (SSSR count). The van der Waals surface area contributed by atoms with E-state index in [0.717, 1.165) is 19.3 Å². The van der Waals surface area contributed by atoms with Gasteiger partial charge >= 0.3 is 5.97 Å². The van der Waals surface area contributed by atoms with Crippen LogP contribution < -0.4 is 0 Å². The largest absolute Gasteiger partial charge is 0.460 e. The first-order valence-corrected chi connectivity index (χ1v) is 7.60. The average molecular weight is 270 g/mol. The minimum absolute atomic E-state index is 0.0465. The summed E-state index contributed by atoms with van der Waals surface area (Å²) in [6.45, 7) is 7.95. The first kappa shape index (κ1) is 16.5. The molecule has 1 aliphatic carbocycles. The minimum Gasteiger partial charge on any atom is -0.460 e. The summed E-state index contributed by atoms with van der Waals surface area (Å²) in [4.78, 5) is 11.8. The van der Waals surface area contributed by atoms with Gasteiger partial charge in [-0.1, -0.05) is 6.92 Å². The van der Waals surface area contributed by atoms with Gasteiger partial charge in [0, 0.05) is 13.5 Å². The fourth-order valence-corrected chi connectivity index (χ4v) is 3.08. The Balaban J connectivity index is 2.32. The molecule has 0 radical (unpaired) electrons. The van der Waals surface area contributed by atoms with Crippen LogP contribution in [0.2, 0.25) is 0 Å². The monoisotopic (exact) mass is 270 g/mol. The van der Waals surface area contributed by atoms with Gasteiger partial charge in [0.15, 0.2) is 0 Å². The molecule has 0 aliphatic heterocycles. The van der Waals surface area contributed by atoms with E-state index in [9.17, 15) is 4.79 Å². The molecule has 1 saturated carbocycles. The van der Waals surface area contributed by atoms with Crippen molar-refractivity contribution < 1.29 is 14.3 Å². The molecule has 1 aliphatic rings. The second-order valence-electron chi connectivity index (χ2n) is 6.75. The molecule has 3 heteroatoms. The Morgan fingerprint density at radius 3 is 2.21 bits per heavy atom. The summed E-state index contributed by atoms with van der Waals surface area (Å²) in [5.74, 6) is 1.13. The van der Waals surface area contributed by atoms with Crippen molar-refractivity contribution in [2.24, 2.45) is 11.8 Å². The molecular formula is C16H30O3. The van der Waals surface area contributed by atoms with E-state index in [1.807, 2.05) is 20.8 Å². The molecule has 0 aromatic rings. The van der Waals surface area contributed by atoms with Crippen LogP contribution in [0.3, 0.4) is 0 Å². The van der Waals surface area contributed by atoms with Crippen LogP contribution >= 0.6 is 0 Å². The van der Waals surface area contributed by atoms with Gasteiger partial charge in [-0.2, -0.15) is 0 Å². The van der Waals surface area contributed by atoms with Crippen molar-refractivity contribution in [1.29, 1.82) is 0 Å². The quantitative estimate of drug-likeness (QED) is 0.710. The standard InChI is InChI=1S/C16H30O3/c1-6-14(18-5)13-9-7-12(8-10-13)11-15(17)19-16(2,3)4/h12-14H,6-11H2,1-5H3. The lowest BCUT2D eigenvalue weighted by Gasteiger charge is -2.32. The Hall–Kier alpha value is -0.570. The lowest BCUT2D eigenvalue weighted by Crippen LogP contribution is -2.29. The molecule has 0 saturated heterocycles. The van der Waals surface area contributed by atoms with E-state index in [1.165, 1.54) is 12.8 Å². The molecule has 0 heterocycles. The van der Waals surface area contributed by atoms with Crippen molar-refractivity contribution in [3.63, 3.8) is 0 Å². The predicted molar refractivity (Wildman–Crippen MR) is 77.0 cm³/mol. The Bertz CT molecular complexity index is 268. The summed E-state index contributed by atoms with van der Waals surface area (Å²) >= 11 is 0. The van der Waals surface area contributed by atoms with Crippen LogP contribution in [0.4, 0.5) is 0 Å². The molecule has 0 N–H and O–H groups in total. The van der Waals surface area contributed by atoms with E-state index in [-0.39, 0.29) is 11.6 Å². The highest BCUT2D eigenvalue weighted by Crippen LogP contribution is 2.34. The molecule has 112 valence electrons. The molecule has 0 aromatic carbocycles. The third kappa shape index (κ3) is 5.94. The molecule has 0 bridgehead atoms. The fraction of sp³-hybridized carbons (Fsp3) is 0.938. The van der Waals surface area contributed by atoms with Gasteiger partial charge in [-0.05, 0) is 64.7 Å². The van der Waals surface area contributed by atoms with Crippen molar-refractivity contribution >= 4 is 5.97 Å². The number of ether oxygens (including phenoxy) is 2. The molecule has 0 spiro atoms. The third-order valence-corrected chi connectivity index (χ3v) is 4.00. The Morgan fingerprint density at radius 2 is 1.79 bits per heavy atom. The van der Waals surface area contributed by atoms with Gasteiger partial charge in [0.25, 0.3) is 0 Å². The van der Waals surface area contributed by atoms with E-state index >= 15 is 0 Å². The van der Waals surface area contributed by atoms with Crippen LogP contribution in [0.15, 0.2) is 0 Å². The molecule has 1 atom stereocenters. The Morgan fingerprint density at radius 1 is 1.21 bits per heavy atom. The maximum absolute atomic E-state index is 11.8. The summed E-state index contributed by atoms with van der Waals surface area (Å²) in [5.41, 5.74) is -0.363. The van der Waals surface area contributed by atoms with Crippen LogP contribution in [-0.4, -0.2) is 24.8 Å². The summed E-state index contributed by atoms with van der Waals surface area (Å²) in [6.07, 6.45) is 6.67. The number of rotatable bonds is 5. The second-order valence-corrected chi connectivity index (χ2v) is 6.75. The van der Waals surface area contributed by atoms with Gasteiger partial charge in [0.05, 0.1) is 6.10 Å². The zero-order chi connectivity index (χ0) is 14.5. The van der Waals surface area contributed by atoms with E-state index in [1.54, 1.807) is 7.11 Å². The number of carbonyl (C=O) groups is 1. The third-order valence-electron chi connectivity index (χ3n) is 4.00. The first-order valence-electron chi connectivity index (χ1n) is 7.60. The minimum atomic E-state index is -0.363. The van der Waals surface area contributed by atoms with Crippen LogP contribution in [0.1, 0.15) is 66.2 Å². The SMILES string of the molecule is CCC(OC)C1CCC(CC(=O)OC(C)(C)C)CC1. The smallest absolute Gasteiger partial charge is 0.306 e. The zero-order valence-corrected chi connectivity index (χ0v) is 13.2. The zero-order valence-electron chi connectivity index (χ0n) is 13.2. The lowest BCUT2D eigenvalue weighted by atomic mass is 9.77. The van der Waals surface area contributed by atoms with Crippen molar-refractivity contribution in [1.82, 2.24) is 0 Å². The highest BCUT2D eigenvalue weighted by Gasteiger charge is 2.28. The van der Waals surface area contributed by atoms with E-state index < -0.39 is 0 Å². The average Bonchev–Trinajstić information content (AvgIpc) is 2.30. The molecule has 1 fully saturated rings. The van der Waals surface area contributed by atoms with Crippen LogP contribution in [0.5, 0.6) is 0 Å². The highest BCUT2D eigenvalue weighted by molar-refractivity contribution is 5.70. The Kier molecular flexibility index (Phi) is 6.31. The number of carbonyl (C=O) groups excluding carboxylic acids is 1. The molecule has 0 aromatic heterocycles. The first-order chi connectivity index (χ1) is 8.85. The topological polar surface area (TPSA) is 35.5 Å². The lowest BCUT2D eigenvalue weighted by molar-refractivity contribution is -0.156. The number of hydrogen-bond donors (Lipinski definition) is 0. The maximum Gasteiger partial charge on any atom is 0.306 e.